The fourth-order valence-electron chi connectivity index (χ4n) is 1.94. The second-order valence-electron chi connectivity index (χ2n) is 6.05. The molecule has 1 aromatic rings. The van der Waals surface area contributed by atoms with Crippen LogP contribution in [-0.4, -0.2) is 19.9 Å². The molecule has 0 saturated heterocycles. The van der Waals surface area contributed by atoms with Gasteiger partial charge in [-0.25, -0.2) is 8.42 Å². The van der Waals surface area contributed by atoms with Crippen molar-refractivity contribution >= 4 is 9.84 Å². The van der Waals surface area contributed by atoms with Crippen LogP contribution in [0.2, 0.25) is 0 Å². The highest BCUT2D eigenvalue weighted by Crippen LogP contribution is 2.26. The molecule has 4 nitrogen and oxygen atoms in total. The first-order valence-electron chi connectivity index (χ1n) is 6.33. The highest BCUT2D eigenvalue weighted by molar-refractivity contribution is 7.91. The summed E-state index contributed by atoms with van der Waals surface area (Å²) in [5.41, 5.74) is 4.77. The first-order chi connectivity index (χ1) is 8.57. The van der Waals surface area contributed by atoms with Crippen LogP contribution in [0.3, 0.4) is 0 Å². The number of nitrogens with one attached hydrogen (secondary N) is 1. The second-order valence-corrected chi connectivity index (χ2v) is 8.45. The maximum absolute atomic E-state index is 11.6. The Bertz CT molecular complexity index is 515. The minimum Gasteiger partial charge on any atom is -0.271 e. The van der Waals surface area contributed by atoms with E-state index in [1.165, 1.54) is 11.8 Å². The van der Waals surface area contributed by atoms with Gasteiger partial charge < -0.3 is 0 Å². The molecular weight excluding hydrogens is 260 g/mol. The van der Waals surface area contributed by atoms with E-state index in [4.69, 9.17) is 5.84 Å². The van der Waals surface area contributed by atoms with Gasteiger partial charge in [0, 0.05) is 6.26 Å². The summed E-state index contributed by atoms with van der Waals surface area (Å²) in [5, 5.41) is -0.571. The van der Waals surface area contributed by atoms with Crippen molar-refractivity contribution in [1.29, 1.82) is 0 Å². The van der Waals surface area contributed by atoms with Crippen LogP contribution < -0.4 is 11.3 Å². The Balaban J connectivity index is 3.08. The molecule has 3 N–H and O–H groups in total. The van der Waals surface area contributed by atoms with E-state index >= 15 is 0 Å². The predicted molar refractivity (Wildman–Crippen MR) is 79.5 cm³/mol. The zero-order chi connectivity index (χ0) is 14.8. The number of rotatable bonds is 4. The number of nitrogens with two attached hydrogens (primary N) is 1. The van der Waals surface area contributed by atoms with E-state index in [2.05, 4.69) is 26.2 Å². The van der Waals surface area contributed by atoms with Crippen molar-refractivity contribution in [1.82, 2.24) is 5.43 Å². The number of sulfone groups is 1. The van der Waals surface area contributed by atoms with Crippen molar-refractivity contribution in [2.45, 2.75) is 44.4 Å². The lowest BCUT2D eigenvalue weighted by Crippen LogP contribution is -2.38. The highest BCUT2D eigenvalue weighted by atomic mass is 32.2. The molecule has 1 rings (SSSR count). The first kappa shape index (κ1) is 16.1. The Morgan fingerprint density at radius 1 is 1.16 bits per heavy atom. The summed E-state index contributed by atoms with van der Waals surface area (Å²) in [4.78, 5) is 0. The predicted octanol–water partition coefficient (Wildman–Crippen LogP) is 1.92. The molecular formula is C14H24N2O2S. The van der Waals surface area contributed by atoms with Crippen molar-refractivity contribution in [3.8, 4) is 0 Å². The molecule has 0 radical (unpaired) electrons. The average molecular weight is 284 g/mol. The lowest BCUT2D eigenvalue weighted by molar-refractivity contribution is 0.512. The van der Waals surface area contributed by atoms with Gasteiger partial charge in [0.2, 0.25) is 0 Å². The van der Waals surface area contributed by atoms with E-state index in [0.29, 0.717) is 0 Å². The summed E-state index contributed by atoms with van der Waals surface area (Å²) >= 11 is 0. The van der Waals surface area contributed by atoms with Crippen LogP contribution in [0.4, 0.5) is 0 Å². The normalized spacial score (nSPS) is 16.1. The third-order valence-corrected chi connectivity index (χ3v) is 5.08. The molecule has 0 fully saturated rings. The maximum Gasteiger partial charge on any atom is 0.151 e. The van der Waals surface area contributed by atoms with Crippen LogP contribution in [-0.2, 0) is 15.3 Å². The topological polar surface area (TPSA) is 72.2 Å². The monoisotopic (exact) mass is 284 g/mol. The molecule has 19 heavy (non-hydrogen) atoms. The van der Waals surface area contributed by atoms with Crippen LogP contribution in [0.5, 0.6) is 0 Å². The molecule has 0 aliphatic heterocycles. The summed E-state index contributed by atoms with van der Waals surface area (Å²) in [7, 11) is -3.14. The van der Waals surface area contributed by atoms with Crippen LogP contribution in [0.1, 0.15) is 44.9 Å². The molecule has 1 aromatic carbocycles. The largest absolute Gasteiger partial charge is 0.271 e. The molecule has 0 heterocycles. The number of benzene rings is 1. The van der Waals surface area contributed by atoms with Crippen LogP contribution >= 0.6 is 0 Å². The quantitative estimate of drug-likeness (QED) is 0.654. The highest BCUT2D eigenvalue weighted by Gasteiger charge is 2.26. The lowest BCUT2D eigenvalue weighted by atomic mass is 9.86. The van der Waals surface area contributed by atoms with Gasteiger partial charge in [0.1, 0.15) is 0 Å². The van der Waals surface area contributed by atoms with Crippen LogP contribution in [0, 0.1) is 0 Å². The van der Waals surface area contributed by atoms with Gasteiger partial charge in [0.25, 0.3) is 0 Å². The minimum atomic E-state index is -3.14. The summed E-state index contributed by atoms with van der Waals surface area (Å²) in [6, 6.07) is 7.52. The minimum absolute atomic E-state index is 0.0760. The molecule has 5 heteroatoms. The molecule has 108 valence electrons. The summed E-state index contributed by atoms with van der Waals surface area (Å²) in [5.74, 6) is 5.51. The van der Waals surface area contributed by atoms with Gasteiger partial charge in [0.05, 0.1) is 11.3 Å². The smallest absolute Gasteiger partial charge is 0.151 e. The van der Waals surface area contributed by atoms with Crippen LogP contribution in [0.25, 0.3) is 0 Å². The zero-order valence-electron chi connectivity index (χ0n) is 12.3. The van der Waals surface area contributed by atoms with Crippen molar-refractivity contribution in [2.75, 3.05) is 6.26 Å². The Kier molecular flexibility index (Phi) is 4.76. The molecule has 0 bridgehead atoms. The summed E-state index contributed by atoms with van der Waals surface area (Å²) in [6.07, 6.45) is 1.23. The van der Waals surface area contributed by atoms with Crippen molar-refractivity contribution in [3.05, 3.63) is 35.4 Å². The Morgan fingerprint density at radius 2 is 1.63 bits per heavy atom. The molecule has 0 spiro atoms. The molecule has 0 aliphatic carbocycles. The lowest BCUT2D eigenvalue weighted by Gasteiger charge is -2.24. The van der Waals surface area contributed by atoms with E-state index in [-0.39, 0.29) is 5.41 Å². The molecule has 0 aromatic heterocycles. The second kappa shape index (κ2) is 5.61. The van der Waals surface area contributed by atoms with Gasteiger partial charge in [-0.2, -0.15) is 0 Å². The third-order valence-electron chi connectivity index (χ3n) is 3.46. The van der Waals surface area contributed by atoms with Gasteiger partial charge in [-0.05, 0) is 23.5 Å². The zero-order valence-corrected chi connectivity index (χ0v) is 13.1. The molecule has 0 amide bonds. The van der Waals surface area contributed by atoms with Gasteiger partial charge >= 0.3 is 0 Å². The summed E-state index contributed by atoms with van der Waals surface area (Å²) in [6.45, 7) is 8.08. The van der Waals surface area contributed by atoms with Crippen molar-refractivity contribution in [2.24, 2.45) is 5.84 Å². The average Bonchev–Trinajstić information content (AvgIpc) is 2.28. The molecule has 2 unspecified atom stereocenters. The van der Waals surface area contributed by atoms with Gasteiger partial charge in [-0.1, -0.05) is 45.0 Å². The number of hydrogen-bond acceptors (Lipinski definition) is 4. The van der Waals surface area contributed by atoms with Crippen LogP contribution in [0.15, 0.2) is 24.3 Å². The van der Waals surface area contributed by atoms with Gasteiger partial charge in [0.15, 0.2) is 9.84 Å². The Hall–Kier alpha value is -0.910. The molecule has 0 saturated carbocycles. The third kappa shape index (κ3) is 4.03. The molecule has 0 aliphatic rings. The van der Waals surface area contributed by atoms with Crippen molar-refractivity contribution < 1.29 is 8.42 Å². The number of hydrazine groups is 1. The van der Waals surface area contributed by atoms with Crippen molar-refractivity contribution in [3.63, 3.8) is 0 Å². The summed E-state index contributed by atoms with van der Waals surface area (Å²) < 4.78 is 23.3. The van der Waals surface area contributed by atoms with E-state index in [9.17, 15) is 8.42 Å². The van der Waals surface area contributed by atoms with E-state index < -0.39 is 21.1 Å². The number of hydrogen-bond donors (Lipinski definition) is 2. The van der Waals surface area contributed by atoms with E-state index in [1.807, 2.05) is 24.3 Å². The Labute approximate surface area is 116 Å². The van der Waals surface area contributed by atoms with E-state index in [1.54, 1.807) is 6.92 Å². The maximum atomic E-state index is 11.6. The van der Waals surface area contributed by atoms with E-state index in [0.717, 1.165) is 5.56 Å². The van der Waals surface area contributed by atoms with Gasteiger partial charge in [-0.15, -0.1) is 0 Å². The Morgan fingerprint density at radius 3 is 1.95 bits per heavy atom. The van der Waals surface area contributed by atoms with Gasteiger partial charge in [-0.3, -0.25) is 11.3 Å². The fourth-order valence-corrected chi connectivity index (χ4v) is 2.67. The SMILES string of the molecule is CC(C(NN)c1ccc(C(C)(C)C)cc1)S(C)(=O)=O. The standard InChI is InChI=1S/C14H24N2O2S/c1-10(19(5,17)18)13(16-15)11-6-8-12(9-7-11)14(2,3)4/h6-10,13,16H,15H2,1-5H3. The molecule has 2 atom stereocenters. The fraction of sp³-hybridized carbons (Fsp3) is 0.571. The first-order valence-corrected chi connectivity index (χ1v) is 8.28.